The van der Waals surface area contributed by atoms with Gasteiger partial charge in [0.05, 0.1) is 11.8 Å². The maximum atomic E-state index is 13.4. The molecule has 1 unspecified atom stereocenters. The number of rotatable bonds is 4. The predicted molar refractivity (Wildman–Crippen MR) is 63.0 cm³/mol. The molecular weight excluding hydrogens is 219 g/mol. The van der Waals surface area contributed by atoms with Crippen molar-refractivity contribution >= 4 is 0 Å². The van der Waals surface area contributed by atoms with E-state index in [1.165, 1.54) is 6.07 Å². The first kappa shape index (κ1) is 11.8. The van der Waals surface area contributed by atoms with Crippen LogP contribution in [0.3, 0.4) is 0 Å². The van der Waals surface area contributed by atoms with Crippen LogP contribution in [-0.4, -0.2) is 21.0 Å². The van der Waals surface area contributed by atoms with Gasteiger partial charge in [0.1, 0.15) is 5.82 Å². The van der Waals surface area contributed by atoms with Crippen molar-refractivity contribution in [3.05, 3.63) is 53.6 Å². The molecule has 1 heterocycles. The molecule has 1 N–H and O–H groups in total. The second kappa shape index (κ2) is 5.10. The van der Waals surface area contributed by atoms with Gasteiger partial charge < -0.3 is 5.11 Å². The van der Waals surface area contributed by atoms with Crippen LogP contribution in [0.2, 0.25) is 0 Å². The van der Waals surface area contributed by atoms with Crippen molar-refractivity contribution in [2.24, 2.45) is 7.05 Å². The Morgan fingerprint density at radius 2 is 2.06 bits per heavy atom. The van der Waals surface area contributed by atoms with Crippen LogP contribution in [0.4, 0.5) is 4.39 Å². The standard InChI is InChI=1S/C13H15FN2O/c1-16-7-6-11(15-16)9-12(17)8-10-4-2-3-5-13(10)14/h2-7,12,17H,8-9H2,1H3. The van der Waals surface area contributed by atoms with Crippen molar-refractivity contribution in [2.75, 3.05) is 0 Å². The van der Waals surface area contributed by atoms with Gasteiger partial charge in [0.25, 0.3) is 0 Å². The molecule has 0 aliphatic carbocycles. The number of aliphatic hydroxyl groups excluding tert-OH is 1. The minimum atomic E-state index is -0.609. The third kappa shape index (κ3) is 3.14. The first-order chi connectivity index (χ1) is 8.15. The van der Waals surface area contributed by atoms with Gasteiger partial charge in [-0.2, -0.15) is 5.10 Å². The smallest absolute Gasteiger partial charge is 0.126 e. The molecule has 1 aromatic carbocycles. The van der Waals surface area contributed by atoms with E-state index in [4.69, 9.17) is 0 Å². The van der Waals surface area contributed by atoms with Crippen molar-refractivity contribution in [2.45, 2.75) is 18.9 Å². The van der Waals surface area contributed by atoms with E-state index < -0.39 is 6.10 Å². The first-order valence-corrected chi connectivity index (χ1v) is 5.55. The van der Waals surface area contributed by atoms with Crippen LogP contribution in [0.25, 0.3) is 0 Å². The summed E-state index contributed by atoms with van der Waals surface area (Å²) in [6.45, 7) is 0. The second-order valence-corrected chi connectivity index (χ2v) is 4.13. The lowest BCUT2D eigenvalue weighted by atomic mass is 10.0. The number of aromatic nitrogens is 2. The van der Waals surface area contributed by atoms with Crippen LogP contribution in [0.1, 0.15) is 11.3 Å². The minimum absolute atomic E-state index is 0.271. The quantitative estimate of drug-likeness (QED) is 0.874. The third-order valence-electron chi connectivity index (χ3n) is 2.63. The molecule has 0 bridgehead atoms. The van der Waals surface area contributed by atoms with Gasteiger partial charge in [-0.1, -0.05) is 18.2 Å². The molecule has 3 nitrogen and oxygen atoms in total. The van der Waals surface area contributed by atoms with Gasteiger partial charge in [0, 0.05) is 26.1 Å². The third-order valence-corrected chi connectivity index (χ3v) is 2.63. The number of hydrogen-bond donors (Lipinski definition) is 1. The molecule has 0 saturated carbocycles. The molecule has 17 heavy (non-hydrogen) atoms. The van der Waals surface area contributed by atoms with Gasteiger partial charge in [-0.3, -0.25) is 4.68 Å². The Bertz CT molecular complexity index is 496. The van der Waals surface area contributed by atoms with Crippen LogP contribution in [0.15, 0.2) is 36.5 Å². The Morgan fingerprint density at radius 3 is 2.71 bits per heavy atom. The zero-order valence-corrected chi connectivity index (χ0v) is 9.68. The molecule has 4 heteroatoms. The number of halogens is 1. The monoisotopic (exact) mass is 234 g/mol. The molecule has 2 rings (SSSR count). The van der Waals surface area contributed by atoms with Gasteiger partial charge in [-0.25, -0.2) is 4.39 Å². The highest BCUT2D eigenvalue weighted by Gasteiger charge is 2.11. The SMILES string of the molecule is Cn1ccc(CC(O)Cc2ccccc2F)n1. The summed E-state index contributed by atoms with van der Waals surface area (Å²) in [4.78, 5) is 0. The molecule has 0 fully saturated rings. The Labute approximate surface area is 99.5 Å². The fraction of sp³-hybridized carbons (Fsp3) is 0.308. The summed E-state index contributed by atoms with van der Waals surface area (Å²) in [6.07, 6.45) is 1.96. The second-order valence-electron chi connectivity index (χ2n) is 4.13. The summed E-state index contributed by atoms with van der Waals surface area (Å²) < 4.78 is 15.0. The molecule has 1 aromatic heterocycles. The van der Waals surface area contributed by atoms with E-state index in [1.54, 1.807) is 22.9 Å². The Hall–Kier alpha value is -1.68. The fourth-order valence-electron chi connectivity index (χ4n) is 1.80. The lowest BCUT2D eigenvalue weighted by Crippen LogP contribution is -2.15. The van der Waals surface area contributed by atoms with Crippen molar-refractivity contribution in [1.82, 2.24) is 9.78 Å². The Kier molecular flexibility index (Phi) is 3.54. The molecule has 0 spiro atoms. The van der Waals surface area contributed by atoms with E-state index in [0.29, 0.717) is 18.4 Å². The molecule has 0 aliphatic heterocycles. The molecule has 2 aromatic rings. The van der Waals surface area contributed by atoms with Crippen molar-refractivity contribution in [1.29, 1.82) is 0 Å². The molecule has 1 atom stereocenters. The summed E-state index contributed by atoms with van der Waals surface area (Å²) in [6, 6.07) is 8.36. The highest BCUT2D eigenvalue weighted by molar-refractivity contribution is 5.18. The summed E-state index contributed by atoms with van der Waals surface area (Å²) in [7, 11) is 1.83. The number of aryl methyl sites for hydroxylation is 1. The minimum Gasteiger partial charge on any atom is -0.392 e. The number of hydrogen-bond acceptors (Lipinski definition) is 2. The van der Waals surface area contributed by atoms with Gasteiger partial charge in [0.15, 0.2) is 0 Å². The van der Waals surface area contributed by atoms with Crippen molar-refractivity contribution < 1.29 is 9.50 Å². The van der Waals surface area contributed by atoms with Gasteiger partial charge in [0.2, 0.25) is 0 Å². The predicted octanol–water partition coefficient (Wildman–Crippen LogP) is 1.71. The molecular formula is C13H15FN2O. The first-order valence-electron chi connectivity index (χ1n) is 5.55. The summed E-state index contributed by atoms with van der Waals surface area (Å²) in [5.41, 5.74) is 1.35. The van der Waals surface area contributed by atoms with Crippen LogP contribution in [-0.2, 0) is 19.9 Å². The largest absolute Gasteiger partial charge is 0.392 e. The van der Waals surface area contributed by atoms with Gasteiger partial charge in [-0.15, -0.1) is 0 Å². The van der Waals surface area contributed by atoms with E-state index in [1.807, 2.05) is 19.3 Å². The fourth-order valence-corrected chi connectivity index (χ4v) is 1.80. The normalized spacial score (nSPS) is 12.6. The zero-order valence-electron chi connectivity index (χ0n) is 9.68. The lowest BCUT2D eigenvalue weighted by Gasteiger charge is -2.09. The van der Waals surface area contributed by atoms with E-state index >= 15 is 0 Å². The molecule has 0 aliphatic rings. The van der Waals surface area contributed by atoms with Crippen LogP contribution < -0.4 is 0 Å². The topological polar surface area (TPSA) is 38.0 Å². The summed E-state index contributed by atoms with van der Waals surface area (Å²) >= 11 is 0. The number of benzene rings is 1. The highest BCUT2D eigenvalue weighted by Crippen LogP contribution is 2.11. The molecule has 0 saturated heterocycles. The van der Waals surface area contributed by atoms with Gasteiger partial charge in [-0.05, 0) is 17.7 Å². The van der Waals surface area contributed by atoms with Crippen LogP contribution in [0.5, 0.6) is 0 Å². The Morgan fingerprint density at radius 1 is 1.29 bits per heavy atom. The average molecular weight is 234 g/mol. The summed E-state index contributed by atoms with van der Waals surface area (Å²) in [5.74, 6) is -0.271. The Balaban J connectivity index is 1.98. The molecule has 0 amide bonds. The number of nitrogens with zero attached hydrogens (tertiary/aromatic N) is 2. The zero-order chi connectivity index (χ0) is 12.3. The lowest BCUT2D eigenvalue weighted by molar-refractivity contribution is 0.172. The van der Waals surface area contributed by atoms with E-state index in [9.17, 15) is 9.50 Å². The molecule has 0 radical (unpaired) electrons. The maximum absolute atomic E-state index is 13.4. The van der Waals surface area contributed by atoms with E-state index in [2.05, 4.69) is 5.10 Å². The average Bonchev–Trinajstić information content (AvgIpc) is 2.67. The highest BCUT2D eigenvalue weighted by atomic mass is 19.1. The summed E-state index contributed by atoms with van der Waals surface area (Å²) in [5, 5.41) is 14.1. The van der Waals surface area contributed by atoms with Gasteiger partial charge >= 0.3 is 0 Å². The van der Waals surface area contributed by atoms with E-state index in [0.717, 1.165) is 5.69 Å². The maximum Gasteiger partial charge on any atom is 0.126 e. The van der Waals surface area contributed by atoms with Crippen LogP contribution >= 0.6 is 0 Å². The van der Waals surface area contributed by atoms with Crippen LogP contribution in [0, 0.1) is 5.82 Å². The van der Waals surface area contributed by atoms with Crippen molar-refractivity contribution in [3.63, 3.8) is 0 Å². The van der Waals surface area contributed by atoms with E-state index in [-0.39, 0.29) is 5.82 Å². The number of aliphatic hydroxyl groups is 1. The van der Waals surface area contributed by atoms with Crippen molar-refractivity contribution in [3.8, 4) is 0 Å². The molecule has 90 valence electrons.